The first-order chi connectivity index (χ1) is 8.92. The van der Waals surface area contributed by atoms with Gasteiger partial charge < -0.3 is 0 Å². The Balaban J connectivity index is 2.29. The van der Waals surface area contributed by atoms with E-state index in [1.54, 1.807) is 0 Å². The van der Waals surface area contributed by atoms with Gasteiger partial charge in [0, 0.05) is 11.2 Å². The van der Waals surface area contributed by atoms with Gasteiger partial charge in [-0.05, 0) is 17.5 Å². The average molecular weight is 301 g/mol. The van der Waals surface area contributed by atoms with Crippen LogP contribution < -0.4 is 0 Å². The summed E-state index contributed by atoms with van der Waals surface area (Å²) in [5, 5.41) is 1.01. The van der Waals surface area contributed by atoms with Crippen LogP contribution in [0.5, 0.6) is 0 Å². The highest BCUT2D eigenvalue weighted by Gasteiger charge is 2.09. The summed E-state index contributed by atoms with van der Waals surface area (Å²) >= 11 is 3.46. The Labute approximate surface area is 117 Å². The van der Waals surface area contributed by atoms with E-state index in [0.29, 0.717) is 5.92 Å². The molecule has 0 bridgehead atoms. The molecular formula is C17H17Br. The monoisotopic (exact) mass is 300 g/mol. The second kappa shape index (κ2) is 7.17. The van der Waals surface area contributed by atoms with E-state index >= 15 is 0 Å². The first kappa shape index (κ1) is 13.1. The number of hydrogen-bond donors (Lipinski definition) is 0. The molecule has 0 aliphatic rings. The van der Waals surface area contributed by atoms with Gasteiger partial charge in [-0.15, -0.1) is 0 Å². The van der Waals surface area contributed by atoms with Crippen LogP contribution in [0.3, 0.4) is 0 Å². The number of alkyl halides is 1. The van der Waals surface area contributed by atoms with Crippen molar-refractivity contribution in [2.75, 3.05) is 5.33 Å². The number of allylic oxidation sites excluding steroid dienone is 2. The van der Waals surface area contributed by atoms with Crippen molar-refractivity contribution >= 4 is 15.9 Å². The number of halogens is 1. The molecule has 0 heterocycles. The maximum atomic E-state index is 3.46. The third-order valence-corrected chi connectivity index (χ3v) is 3.38. The summed E-state index contributed by atoms with van der Waals surface area (Å²) in [5.74, 6) is 0.353. The maximum Gasteiger partial charge on any atom is 0.0269 e. The molecule has 0 aliphatic heterocycles. The van der Waals surface area contributed by atoms with E-state index in [1.807, 2.05) is 0 Å². The van der Waals surface area contributed by atoms with E-state index in [0.717, 1.165) is 11.8 Å². The largest absolute Gasteiger partial charge is 0.0925 e. The molecule has 2 aromatic carbocycles. The molecule has 18 heavy (non-hydrogen) atoms. The Bertz CT molecular complexity index is 434. The maximum absolute atomic E-state index is 3.46. The lowest BCUT2D eigenvalue weighted by Gasteiger charge is -2.13. The van der Waals surface area contributed by atoms with Gasteiger partial charge in [0.1, 0.15) is 0 Å². The minimum absolute atomic E-state index is 0.353. The quantitative estimate of drug-likeness (QED) is 0.528. The first-order valence-corrected chi connectivity index (χ1v) is 7.36. The summed E-state index contributed by atoms with van der Waals surface area (Å²) in [5.41, 5.74) is 2.68. The Morgan fingerprint density at radius 3 is 1.78 bits per heavy atom. The zero-order chi connectivity index (χ0) is 12.6. The molecule has 0 unspecified atom stereocenters. The molecule has 0 nitrogen and oxygen atoms in total. The normalized spacial score (nSPS) is 11.2. The lowest BCUT2D eigenvalue weighted by atomic mass is 9.91. The fraction of sp³-hybridized carbons (Fsp3) is 0.176. The second-order valence-corrected chi connectivity index (χ2v) is 5.00. The SMILES string of the molecule is BrCC/C=C/C(c1ccccc1)c1ccccc1. The predicted molar refractivity (Wildman–Crippen MR) is 82.3 cm³/mol. The molecule has 0 spiro atoms. The van der Waals surface area contributed by atoms with Crippen molar-refractivity contribution < 1.29 is 0 Å². The van der Waals surface area contributed by atoms with E-state index in [4.69, 9.17) is 0 Å². The van der Waals surface area contributed by atoms with Crippen LogP contribution in [0.1, 0.15) is 23.5 Å². The van der Waals surface area contributed by atoms with Crippen LogP contribution >= 0.6 is 15.9 Å². The van der Waals surface area contributed by atoms with Crippen molar-refractivity contribution in [2.24, 2.45) is 0 Å². The topological polar surface area (TPSA) is 0 Å². The number of benzene rings is 2. The van der Waals surface area contributed by atoms with Gasteiger partial charge in [-0.3, -0.25) is 0 Å². The summed E-state index contributed by atoms with van der Waals surface area (Å²) < 4.78 is 0. The smallest absolute Gasteiger partial charge is 0.0269 e. The van der Waals surface area contributed by atoms with Crippen LogP contribution in [-0.2, 0) is 0 Å². The molecule has 2 rings (SSSR count). The highest BCUT2D eigenvalue weighted by Crippen LogP contribution is 2.25. The Hall–Kier alpha value is -1.34. The van der Waals surface area contributed by atoms with E-state index in [2.05, 4.69) is 88.7 Å². The average Bonchev–Trinajstić information content (AvgIpc) is 2.46. The molecule has 0 atom stereocenters. The third-order valence-electron chi connectivity index (χ3n) is 2.92. The molecule has 0 saturated heterocycles. The molecule has 1 heteroatoms. The Kier molecular flexibility index (Phi) is 5.22. The summed E-state index contributed by atoms with van der Waals surface area (Å²) in [4.78, 5) is 0. The molecule has 0 amide bonds. The van der Waals surface area contributed by atoms with Crippen LogP contribution in [0.2, 0.25) is 0 Å². The number of rotatable bonds is 5. The van der Waals surface area contributed by atoms with E-state index in [-0.39, 0.29) is 0 Å². The Morgan fingerprint density at radius 2 is 1.33 bits per heavy atom. The summed E-state index contributed by atoms with van der Waals surface area (Å²) in [7, 11) is 0. The summed E-state index contributed by atoms with van der Waals surface area (Å²) in [6.45, 7) is 0. The van der Waals surface area contributed by atoms with Gasteiger partial charge in [-0.1, -0.05) is 88.7 Å². The van der Waals surface area contributed by atoms with Crippen LogP contribution in [0, 0.1) is 0 Å². The van der Waals surface area contributed by atoms with Gasteiger partial charge in [0.2, 0.25) is 0 Å². The molecule has 0 N–H and O–H groups in total. The van der Waals surface area contributed by atoms with Crippen LogP contribution in [0.25, 0.3) is 0 Å². The van der Waals surface area contributed by atoms with Crippen LogP contribution in [-0.4, -0.2) is 5.33 Å². The molecule has 2 aromatic rings. The zero-order valence-electron chi connectivity index (χ0n) is 10.3. The van der Waals surface area contributed by atoms with E-state index in [9.17, 15) is 0 Å². The fourth-order valence-electron chi connectivity index (χ4n) is 2.03. The van der Waals surface area contributed by atoms with E-state index in [1.165, 1.54) is 11.1 Å². The van der Waals surface area contributed by atoms with Gasteiger partial charge in [-0.2, -0.15) is 0 Å². The number of hydrogen-bond acceptors (Lipinski definition) is 0. The van der Waals surface area contributed by atoms with Gasteiger partial charge in [-0.25, -0.2) is 0 Å². The van der Waals surface area contributed by atoms with Gasteiger partial charge in [0.15, 0.2) is 0 Å². The third kappa shape index (κ3) is 3.58. The zero-order valence-corrected chi connectivity index (χ0v) is 11.9. The fourth-order valence-corrected chi connectivity index (χ4v) is 2.30. The molecule has 92 valence electrons. The highest BCUT2D eigenvalue weighted by molar-refractivity contribution is 9.09. The van der Waals surface area contributed by atoms with E-state index < -0.39 is 0 Å². The van der Waals surface area contributed by atoms with Crippen LogP contribution in [0.15, 0.2) is 72.8 Å². The summed E-state index contributed by atoms with van der Waals surface area (Å²) in [6, 6.07) is 21.3. The minimum atomic E-state index is 0.353. The minimum Gasteiger partial charge on any atom is -0.0925 e. The first-order valence-electron chi connectivity index (χ1n) is 6.24. The molecule has 0 aliphatic carbocycles. The van der Waals surface area contributed by atoms with Crippen molar-refractivity contribution in [2.45, 2.75) is 12.3 Å². The van der Waals surface area contributed by atoms with Gasteiger partial charge in [0.05, 0.1) is 0 Å². The van der Waals surface area contributed by atoms with Crippen molar-refractivity contribution in [3.8, 4) is 0 Å². The standard InChI is InChI=1S/C17H17Br/c18-14-8-7-13-17(15-9-3-1-4-10-15)16-11-5-2-6-12-16/h1-7,9-13,17H,8,14H2/b13-7+. The lowest BCUT2D eigenvalue weighted by molar-refractivity contribution is 1.01. The summed E-state index contributed by atoms with van der Waals surface area (Å²) in [6.07, 6.45) is 5.61. The van der Waals surface area contributed by atoms with Crippen molar-refractivity contribution in [3.05, 3.63) is 83.9 Å². The molecule has 0 saturated carbocycles. The van der Waals surface area contributed by atoms with Crippen molar-refractivity contribution in [3.63, 3.8) is 0 Å². The Morgan fingerprint density at radius 1 is 0.833 bits per heavy atom. The van der Waals surface area contributed by atoms with Crippen LogP contribution in [0.4, 0.5) is 0 Å². The van der Waals surface area contributed by atoms with Gasteiger partial charge >= 0.3 is 0 Å². The second-order valence-electron chi connectivity index (χ2n) is 4.20. The molecule has 0 aromatic heterocycles. The molecule has 0 radical (unpaired) electrons. The molecule has 0 fully saturated rings. The van der Waals surface area contributed by atoms with Crippen molar-refractivity contribution in [1.82, 2.24) is 0 Å². The lowest BCUT2D eigenvalue weighted by Crippen LogP contribution is -1.97. The highest BCUT2D eigenvalue weighted by atomic mass is 79.9. The van der Waals surface area contributed by atoms with Gasteiger partial charge in [0.25, 0.3) is 0 Å². The van der Waals surface area contributed by atoms with Crippen molar-refractivity contribution in [1.29, 1.82) is 0 Å². The predicted octanol–water partition coefficient (Wildman–Crippen LogP) is 5.16. The molecular weight excluding hydrogens is 284 g/mol.